The predicted molar refractivity (Wildman–Crippen MR) is 70.4 cm³/mol. The van der Waals surface area contributed by atoms with Gasteiger partial charge in [0.15, 0.2) is 0 Å². The van der Waals surface area contributed by atoms with Gasteiger partial charge in [0.05, 0.1) is 6.54 Å². The molecule has 0 aliphatic carbocycles. The Balaban J connectivity index is 2.08. The fourth-order valence-electron chi connectivity index (χ4n) is 1.50. The Morgan fingerprint density at radius 1 is 1.44 bits per heavy atom. The van der Waals surface area contributed by atoms with Crippen LogP contribution in [0.4, 0.5) is 5.82 Å². The number of anilines is 1. The number of rotatable bonds is 8. The highest BCUT2D eigenvalue weighted by Gasteiger charge is 1.99. The number of pyridine rings is 1. The lowest BCUT2D eigenvalue weighted by atomic mass is 10.2. The molecule has 1 rings (SSSR count). The van der Waals surface area contributed by atoms with E-state index in [9.17, 15) is 9.59 Å². The van der Waals surface area contributed by atoms with Crippen LogP contribution in [-0.4, -0.2) is 30.3 Å². The lowest BCUT2D eigenvalue weighted by Crippen LogP contribution is -2.24. The van der Waals surface area contributed by atoms with Crippen molar-refractivity contribution in [3.05, 3.63) is 23.9 Å². The molecule has 5 heteroatoms. The van der Waals surface area contributed by atoms with Crippen LogP contribution < -0.4 is 10.6 Å². The molecule has 0 aromatic carbocycles. The van der Waals surface area contributed by atoms with Gasteiger partial charge in [0.25, 0.3) is 0 Å². The van der Waals surface area contributed by atoms with Crippen LogP contribution in [-0.2, 0) is 9.59 Å². The molecular weight excluding hydrogens is 230 g/mol. The van der Waals surface area contributed by atoms with Crippen molar-refractivity contribution in [2.75, 3.05) is 18.4 Å². The van der Waals surface area contributed by atoms with Crippen molar-refractivity contribution >= 4 is 18.0 Å². The number of aldehydes is 1. The molecule has 0 aliphatic heterocycles. The van der Waals surface area contributed by atoms with Gasteiger partial charge < -0.3 is 15.4 Å². The van der Waals surface area contributed by atoms with Gasteiger partial charge in [0.2, 0.25) is 5.91 Å². The topological polar surface area (TPSA) is 71.1 Å². The fraction of sp³-hybridized carbons (Fsp3) is 0.462. The van der Waals surface area contributed by atoms with Crippen molar-refractivity contribution < 1.29 is 9.59 Å². The number of nitrogens with one attached hydrogen (secondary N) is 2. The van der Waals surface area contributed by atoms with Gasteiger partial charge >= 0.3 is 0 Å². The molecule has 5 nitrogen and oxygen atoms in total. The Kier molecular flexibility index (Phi) is 6.46. The minimum Gasteiger partial charge on any atom is -0.370 e. The number of amides is 1. The quantitative estimate of drug-likeness (QED) is 0.538. The van der Waals surface area contributed by atoms with Gasteiger partial charge in [-0.05, 0) is 37.5 Å². The minimum atomic E-state index is -0.0734. The first-order valence-corrected chi connectivity index (χ1v) is 6.09. The average molecular weight is 249 g/mol. The van der Waals surface area contributed by atoms with Crippen LogP contribution in [0.25, 0.3) is 0 Å². The van der Waals surface area contributed by atoms with Crippen molar-refractivity contribution in [2.24, 2.45) is 0 Å². The summed E-state index contributed by atoms with van der Waals surface area (Å²) in [6.45, 7) is 2.91. The molecule has 0 bridgehead atoms. The van der Waals surface area contributed by atoms with E-state index in [1.807, 2.05) is 19.1 Å². The molecule has 0 atom stereocenters. The van der Waals surface area contributed by atoms with Gasteiger partial charge in [0.1, 0.15) is 12.1 Å². The summed E-state index contributed by atoms with van der Waals surface area (Å²) in [6.07, 6.45) is 4.60. The van der Waals surface area contributed by atoms with Crippen LogP contribution in [0.2, 0.25) is 0 Å². The molecule has 0 unspecified atom stereocenters. The standard InChI is InChI=1S/C13H19N3O2/c1-11-5-7-15-12(10-11)14-6-3-2-4-13(18)16-8-9-17/h5,7,9-10H,2-4,6,8H2,1H3,(H,14,15)(H,16,18). The number of nitrogens with zero attached hydrogens (tertiary/aromatic N) is 1. The third kappa shape index (κ3) is 5.98. The van der Waals surface area contributed by atoms with E-state index in [1.165, 1.54) is 5.56 Å². The number of hydrogen-bond acceptors (Lipinski definition) is 4. The van der Waals surface area contributed by atoms with E-state index in [0.29, 0.717) is 12.7 Å². The van der Waals surface area contributed by atoms with Crippen molar-refractivity contribution in [2.45, 2.75) is 26.2 Å². The third-order valence-electron chi connectivity index (χ3n) is 2.43. The summed E-state index contributed by atoms with van der Waals surface area (Å²) in [5.74, 6) is 0.788. The van der Waals surface area contributed by atoms with Gasteiger partial charge in [-0.15, -0.1) is 0 Å². The zero-order valence-corrected chi connectivity index (χ0v) is 10.6. The van der Waals surface area contributed by atoms with Crippen LogP contribution in [0, 0.1) is 6.92 Å². The molecule has 0 radical (unpaired) electrons. The molecule has 0 aliphatic rings. The normalized spacial score (nSPS) is 9.83. The molecule has 1 aromatic rings. The number of aromatic nitrogens is 1. The van der Waals surface area contributed by atoms with Crippen molar-refractivity contribution in [1.29, 1.82) is 0 Å². The SMILES string of the molecule is Cc1ccnc(NCCCCC(=O)NCC=O)c1. The molecule has 98 valence electrons. The van der Waals surface area contributed by atoms with Crippen LogP contribution in [0.5, 0.6) is 0 Å². The number of carbonyl (C=O) groups is 2. The Morgan fingerprint density at radius 3 is 3.00 bits per heavy atom. The maximum atomic E-state index is 11.2. The molecule has 18 heavy (non-hydrogen) atoms. The summed E-state index contributed by atoms with van der Waals surface area (Å²) in [5, 5.41) is 5.71. The van der Waals surface area contributed by atoms with Crippen molar-refractivity contribution in [1.82, 2.24) is 10.3 Å². The summed E-state index contributed by atoms with van der Waals surface area (Å²) in [7, 11) is 0. The Morgan fingerprint density at radius 2 is 2.28 bits per heavy atom. The second kappa shape index (κ2) is 8.22. The molecule has 0 fully saturated rings. The molecule has 1 heterocycles. The van der Waals surface area contributed by atoms with E-state index < -0.39 is 0 Å². The minimum absolute atomic E-state index is 0.0734. The van der Waals surface area contributed by atoms with Crippen molar-refractivity contribution in [3.8, 4) is 0 Å². The summed E-state index contributed by atoms with van der Waals surface area (Å²) in [4.78, 5) is 25.4. The number of hydrogen-bond donors (Lipinski definition) is 2. The maximum absolute atomic E-state index is 11.2. The first-order chi connectivity index (χ1) is 8.72. The molecule has 2 N–H and O–H groups in total. The lowest BCUT2D eigenvalue weighted by Gasteiger charge is -2.06. The van der Waals surface area contributed by atoms with E-state index in [0.717, 1.165) is 25.2 Å². The van der Waals surface area contributed by atoms with Crippen LogP contribution in [0.15, 0.2) is 18.3 Å². The van der Waals surface area contributed by atoms with Gasteiger partial charge in [-0.3, -0.25) is 4.79 Å². The van der Waals surface area contributed by atoms with Gasteiger partial charge in [0, 0.05) is 19.2 Å². The first kappa shape index (κ1) is 14.2. The van der Waals surface area contributed by atoms with Crippen molar-refractivity contribution in [3.63, 3.8) is 0 Å². The second-order valence-corrected chi connectivity index (χ2v) is 4.07. The van der Waals surface area contributed by atoms with Gasteiger partial charge in [-0.25, -0.2) is 4.98 Å². The highest BCUT2D eigenvalue weighted by Crippen LogP contribution is 2.05. The Labute approximate surface area is 107 Å². The van der Waals surface area contributed by atoms with Crippen LogP contribution >= 0.6 is 0 Å². The van der Waals surface area contributed by atoms with Crippen LogP contribution in [0.1, 0.15) is 24.8 Å². The maximum Gasteiger partial charge on any atom is 0.220 e. The predicted octanol–water partition coefficient (Wildman–Crippen LogP) is 1.29. The zero-order valence-electron chi connectivity index (χ0n) is 10.6. The summed E-state index contributed by atoms with van der Waals surface area (Å²) in [5.41, 5.74) is 1.17. The second-order valence-electron chi connectivity index (χ2n) is 4.07. The molecule has 0 saturated carbocycles. The van der Waals surface area contributed by atoms with Gasteiger partial charge in [-0.1, -0.05) is 0 Å². The number of unbranched alkanes of at least 4 members (excludes halogenated alkanes) is 1. The zero-order chi connectivity index (χ0) is 13.2. The van der Waals surface area contributed by atoms with Crippen LogP contribution in [0.3, 0.4) is 0 Å². The molecule has 1 aromatic heterocycles. The smallest absolute Gasteiger partial charge is 0.220 e. The molecular formula is C13H19N3O2. The largest absolute Gasteiger partial charge is 0.370 e. The van der Waals surface area contributed by atoms with Gasteiger partial charge in [-0.2, -0.15) is 0 Å². The Hall–Kier alpha value is -1.91. The summed E-state index contributed by atoms with van der Waals surface area (Å²) >= 11 is 0. The van der Waals surface area contributed by atoms with E-state index in [-0.39, 0.29) is 12.5 Å². The molecule has 0 spiro atoms. The highest BCUT2D eigenvalue weighted by atomic mass is 16.2. The van der Waals surface area contributed by atoms with E-state index in [1.54, 1.807) is 6.20 Å². The fourth-order valence-corrected chi connectivity index (χ4v) is 1.50. The van der Waals surface area contributed by atoms with E-state index >= 15 is 0 Å². The van der Waals surface area contributed by atoms with E-state index in [2.05, 4.69) is 15.6 Å². The number of carbonyl (C=O) groups excluding carboxylic acids is 2. The highest BCUT2D eigenvalue weighted by molar-refractivity contribution is 5.78. The Bertz CT molecular complexity index is 394. The monoisotopic (exact) mass is 249 g/mol. The lowest BCUT2D eigenvalue weighted by molar-refractivity contribution is -0.122. The van der Waals surface area contributed by atoms with E-state index in [4.69, 9.17) is 0 Å². The third-order valence-corrected chi connectivity index (χ3v) is 2.43. The first-order valence-electron chi connectivity index (χ1n) is 6.09. The number of aryl methyl sites for hydroxylation is 1. The molecule has 1 amide bonds. The molecule has 0 saturated heterocycles. The summed E-state index contributed by atoms with van der Waals surface area (Å²) < 4.78 is 0. The summed E-state index contributed by atoms with van der Waals surface area (Å²) in [6, 6.07) is 3.93. The average Bonchev–Trinajstić information content (AvgIpc) is 2.36.